The van der Waals surface area contributed by atoms with Crippen LogP contribution in [0.25, 0.3) is 0 Å². The molecule has 7 heteroatoms. The molecule has 19 heavy (non-hydrogen) atoms. The highest BCUT2D eigenvalue weighted by Gasteiger charge is 2.32. The number of carbonyl (C=O) groups excluding carboxylic acids is 3. The number of esters is 2. The molecule has 0 bridgehead atoms. The third-order valence-electron chi connectivity index (χ3n) is 2.56. The Morgan fingerprint density at radius 3 is 2.05 bits per heavy atom. The first-order valence-corrected chi connectivity index (χ1v) is 6.31. The Bertz CT molecular complexity index is 343. The summed E-state index contributed by atoms with van der Waals surface area (Å²) in [5.41, 5.74) is -0.814. The van der Waals surface area contributed by atoms with Crippen LogP contribution in [0, 0.1) is 5.41 Å². The molecule has 0 N–H and O–H groups in total. The lowest BCUT2D eigenvalue weighted by molar-refractivity contribution is -0.151. The molecule has 0 aliphatic heterocycles. The predicted octanol–water partition coefficient (Wildman–Crippen LogP) is 0.816. The second-order valence-electron chi connectivity index (χ2n) is 4.65. The zero-order valence-electron chi connectivity index (χ0n) is 11.7. The number of carbonyl (C=O) groups is 3. The normalized spacial score (nSPS) is 10.8. The van der Waals surface area contributed by atoms with Gasteiger partial charge in [-0.2, -0.15) is 0 Å². The van der Waals surface area contributed by atoms with Crippen molar-refractivity contribution in [3.05, 3.63) is 0 Å². The van der Waals surface area contributed by atoms with Crippen molar-refractivity contribution in [2.75, 3.05) is 33.2 Å². The van der Waals surface area contributed by atoms with Crippen LogP contribution in [0.3, 0.4) is 0 Å². The smallest absolute Gasteiger partial charge is 0.325 e. The Morgan fingerprint density at radius 1 is 1.11 bits per heavy atom. The zero-order chi connectivity index (χ0) is 15.1. The fourth-order valence-corrected chi connectivity index (χ4v) is 1.40. The molecule has 0 radical (unpaired) electrons. The van der Waals surface area contributed by atoms with Crippen LogP contribution in [0.4, 0.5) is 0 Å². The van der Waals surface area contributed by atoms with E-state index < -0.39 is 17.4 Å². The molecule has 0 saturated heterocycles. The van der Waals surface area contributed by atoms with E-state index >= 15 is 0 Å². The van der Waals surface area contributed by atoms with Crippen LogP contribution in [-0.4, -0.2) is 55.9 Å². The summed E-state index contributed by atoms with van der Waals surface area (Å²) < 4.78 is 9.03. The number of halogens is 1. The largest absolute Gasteiger partial charge is 0.469 e. The molecule has 0 saturated carbocycles. The van der Waals surface area contributed by atoms with Crippen LogP contribution in [0.1, 0.15) is 20.3 Å². The Labute approximate surface area is 118 Å². The minimum atomic E-state index is -0.814. The first-order chi connectivity index (χ1) is 8.78. The standard InChI is InChI=1S/C12H20ClNO5/c1-12(2,8-13)11(17)14(7-10(16)19-4)6-5-9(15)18-3/h5-8H2,1-4H3. The van der Waals surface area contributed by atoms with Gasteiger partial charge < -0.3 is 14.4 Å². The van der Waals surface area contributed by atoms with E-state index in [-0.39, 0.29) is 31.3 Å². The maximum absolute atomic E-state index is 12.2. The summed E-state index contributed by atoms with van der Waals surface area (Å²) >= 11 is 5.74. The lowest BCUT2D eigenvalue weighted by atomic mass is 9.94. The molecule has 0 aromatic heterocycles. The first-order valence-electron chi connectivity index (χ1n) is 5.77. The van der Waals surface area contributed by atoms with Crippen molar-refractivity contribution >= 4 is 29.4 Å². The minimum Gasteiger partial charge on any atom is -0.469 e. The van der Waals surface area contributed by atoms with Gasteiger partial charge in [-0.05, 0) is 13.8 Å². The predicted molar refractivity (Wildman–Crippen MR) is 69.7 cm³/mol. The van der Waals surface area contributed by atoms with Crippen molar-refractivity contribution in [1.82, 2.24) is 4.90 Å². The van der Waals surface area contributed by atoms with Gasteiger partial charge in [0.15, 0.2) is 0 Å². The maximum atomic E-state index is 12.2. The number of hydrogen-bond donors (Lipinski definition) is 0. The Kier molecular flexibility index (Phi) is 7.44. The Hall–Kier alpha value is -1.30. The summed E-state index contributed by atoms with van der Waals surface area (Å²) in [7, 11) is 2.50. The molecular formula is C12H20ClNO5. The van der Waals surface area contributed by atoms with Crippen molar-refractivity contribution in [2.24, 2.45) is 5.41 Å². The highest BCUT2D eigenvalue weighted by molar-refractivity contribution is 6.19. The number of hydrogen-bond acceptors (Lipinski definition) is 5. The molecule has 0 spiro atoms. The summed E-state index contributed by atoms with van der Waals surface area (Å²) in [5, 5.41) is 0. The molecule has 0 unspecified atom stereocenters. The monoisotopic (exact) mass is 293 g/mol. The van der Waals surface area contributed by atoms with Gasteiger partial charge in [0.2, 0.25) is 5.91 Å². The van der Waals surface area contributed by atoms with Crippen LogP contribution in [0.15, 0.2) is 0 Å². The quantitative estimate of drug-likeness (QED) is 0.513. The second kappa shape index (κ2) is 7.99. The van der Waals surface area contributed by atoms with Crippen LogP contribution in [0.2, 0.25) is 0 Å². The van der Waals surface area contributed by atoms with Gasteiger partial charge in [0.25, 0.3) is 0 Å². The summed E-state index contributed by atoms with van der Waals surface area (Å²) in [6.07, 6.45) is 0.0115. The van der Waals surface area contributed by atoms with Gasteiger partial charge in [0.05, 0.1) is 26.1 Å². The topological polar surface area (TPSA) is 72.9 Å². The number of ether oxygens (including phenoxy) is 2. The summed E-state index contributed by atoms with van der Waals surface area (Å²) in [4.78, 5) is 35.9. The molecule has 0 aliphatic rings. The second-order valence-corrected chi connectivity index (χ2v) is 4.91. The van der Waals surface area contributed by atoms with Crippen LogP contribution in [0.5, 0.6) is 0 Å². The maximum Gasteiger partial charge on any atom is 0.325 e. The zero-order valence-corrected chi connectivity index (χ0v) is 12.5. The summed E-state index contributed by atoms with van der Waals surface area (Å²) in [6.45, 7) is 3.21. The van der Waals surface area contributed by atoms with E-state index in [4.69, 9.17) is 11.6 Å². The van der Waals surface area contributed by atoms with E-state index in [1.54, 1.807) is 13.8 Å². The van der Waals surface area contributed by atoms with Crippen molar-refractivity contribution in [3.63, 3.8) is 0 Å². The lowest BCUT2D eigenvalue weighted by Gasteiger charge is -2.29. The average Bonchev–Trinajstić information content (AvgIpc) is 2.41. The van der Waals surface area contributed by atoms with E-state index in [0.717, 1.165) is 0 Å². The highest BCUT2D eigenvalue weighted by atomic mass is 35.5. The minimum absolute atomic E-state index is 0.0115. The van der Waals surface area contributed by atoms with Gasteiger partial charge in [-0.15, -0.1) is 11.6 Å². The van der Waals surface area contributed by atoms with Crippen LogP contribution >= 0.6 is 11.6 Å². The summed E-state index contributed by atoms with van der Waals surface area (Å²) in [6, 6.07) is 0. The van der Waals surface area contributed by atoms with Gasteiger partial charge >= 0.3 is 11.9 Å². The molecule has 0 aliphatic carbocycles. The molecule has 0 rings (SSSR count). The number of amides is 1. The molecule has 0 aromatic carbocycles. The fourth-order valence-electron chi connectivity index (χ4n) is 1.29. The van der Waals surface area contributed by atoms with Gasteiger partial charge in [0, 0.05) is 12.4 Å². The third-order valence-corrected chi connectivity index (χ3v) is 3.23. The van der Waals surface area contributed by atoms with E-state index in [0.29, 0.717) is 0 Å². The van der Waals surface area contributed by atoms with E-state index in [1.807, 2.05) is 0 Å². The number of alkyl halides is 1. The average molecular weight is 294 g/mol. The first kappa shape index (κ1) is 17.7. The van der Waals surface area contributed by atoms with Crippen molar-refractivity contribution in [2.45, 2.75) is 20.3 Å². The van der Waals surface area contributed by atoms with Gasteiger partial charge in [-0.3, -0.25) is 14.4 Å². The number of rotatable bonds is 7. The number of methoxy groups -OCH3 is 2. The van der Waals surface area contributed by atoms with E-state index in [9.17, 15) is 14.4 Å². The van der Waals surface area contributed by atoms with Crippen molar-refractivity contribution in [1.29, 1.82) is 0 Å². The Balaban J connectivity index is 4.80. The lowest BCUT2D eigenvalue weighted by Crippen LogP contribution is -2.45. The molecule has 6 nitrogen and oxygen atoms in total. The van der Waals surface area contributed by atoms with Gasteiger partial charge in [-0.1, -0.05) is 0 Å². The molecule has 0 fully saturated rings. The van der Waals surface area contributed by atoms with E-state index in [1.165, 1.54) is 19.1 Å². The van der Waals surface area contributed by atoms with Gasteiger partial charge in [0.1, 0.15) is 6.54 Å². The molecule has 0 heterocycles. The summed E-state index contributed by atoms with van der Waals surface area (Å²) in [5.74, 6) is -1.20. The van der Waals surface area contributed by atoms with Crippen molar-refractivity contribution < 1.29 is 23.9 Å². The molecular weight excluding hydrogens is 274 g/mol. The molecule has 0 atom stereocenters. The van der Waals surface area contributed by atoms with Crippen LogP contribution < -0.4 is 0 Å². The molecule has 110 valence electrons. The van der Waals surface area contributed by atoms with Crippen molar-refractivity contribution in [3.8, 4) is 0 Å². The Morgan fingerprint density at radius 2 is 1.63 bits per heavy atom. The van der Waals surface area contributed by atoms with Crippen LogP contribution in [-0.2, 0) is 23.9 Å². The van der Waals surface area contributed by atoms with Gasteiger partial charge in [-0.25, -0.2) is 0 Å². The molecule has 1 amide bonds. The van der Waals surface area contributed by atoms with E-state index in [2.05, 4.69) is 9.47 Å². The highest BCUT2D eigenvalue weighted by Crippen LogP contribution is 2.21. The fraction of sp³-hybridized carbons (Fsp3) is 0.750. The SMILES string of the molecule is COC(=O)CCN(CC(=O)OC)C(=O)C(C)(C)CCl. The molecule has 0 aromatic rings. The number of nitrogens with zero attached hydrogens (tertiary/aromatic N) is 1. The third kappa shape index (κ3) is 5.92.